The lowest BCUT2D eigenvalue weighted by Gasteiger charge is -2.22. The third-order valence-electron chi connectivity index (χ3n) is 4.06. The lowest BCUT2D eigenvalue weighted by atomic mass is 9.98. The van der Waals surface area contributed by atoms with E-state index in [0.29, 0.717) is 5.92 Å². The summed E-state index contributed by atoms with van der Waals surface area (Å²) in [6.45, 7) is 10.4. The van der Waals surface area contributed by atoms with Gasteiger partial charge >= 0.3 is 6.03 Å². The summed E-state index contributed by atoms with van der Waals surface area (Å²) in [5, 5.41) is 2.82. The smallest absolute Gasteiger partial charge is 0.325 e. The fourth-order valence-corrected chi connectivity index (χ4v) is 2.50. The second-order valence-electron chi connectivity index (χ2n) is 6.19. The summed E-state index contributed by atoms with van der Waals surface area (Å²) in [5.41, 5.74) is 0. The molecule has 0 spiro atoms. The predicted molar refractivity (Wildman–Crippen MR) is 76.8 cm³/mol. The van der Waals surface area contributed by atoms with Crippen molar-refractivity contribution in [2.75, 3.05) is 0 Å². The molecule has 1 aliphatic heterocycles. The first-order chi connectivity index (χ1) is 8.88. The summed E-state index contributed by atoms with van der Waals surface area (Å²) in [6.07, 6.45) is 3.99. The Morgan fingerprint density at radius 3 is 2.32 bits per heavy atom. The lowest BCUT2D eigenvalue weighted by molar-refractivity contribution is -0.129. The molecule has 0 aromatic carbocycles. The van der Waals surface area contributed by atoms with Gasteiger partial charge in [-0.3, -0.25) is 9.69 Å². The van der Waals surface area contributed by atoms with Gasteiger partial charge in [-0.25, -0.2) is 4.79 Å². The minimum atomic E-state index is -0.329. The van der Waals surface area contributed by atoms with Gasteiger partial charge in [0, 0.05) is 6.04 Å². The predicted octanol–water partition coefficient (Wildman–Crippen LogP) is 3.17. The van der Waals surface area contributed by atoms with Crippen molar-refractivity contribution in [3.05, 3.63) is 0 Å². The normalized spacial score (nSPS) is 22.8. The lowest BCUT2D eigenvalue weighted by Crippen LogP contribution is -2.40. The van der Waals surface area contributed by atoms with Crippen molar-refractivity contribution in [2.24, 2.45) is 11.8 Å². The molecule has 1 saturated heterocycles. The van der Waals surface area contributed by atoms with Crippen molar-refractivity contribution in [3.8, 4) is 0 Å². The zero-order valence-electron chi connectivity index (χ0n) is 12.9. The van der Waals surface area contributed by atoms with Gasteiger partial charge < -0.3 is 5.32 Å². The molecule has 3 atom stereocenters. The van der Waals surface area contributed by atoms with Crippen LogP contribution >= 0.6 is 0 Å². The van der Waals surface area contributed by atoms with Gasteiger partial charge in [-0.15, -0.1) is 0 Å². The first-order valence-corrected chi connectivity index (χ1v) is 7.52. The van der Waals surface area contributed by atoms with Crippen molar-refractivity contribution in [1.29, 1.82) is 0 Å². The van der Waals surface area contributed by atoms with Gasteiger partial charge in [0.15, 0.2) is 0 Å². The molecule has 0 radical (unpaired) electrons. The maximum atomic E-state index is 12.3. The highest BCUT2D eigenvalue weighted by Gasteiger charge is 2.42. The Kier molecular flexibility index (Phi) is 5.83. The Balaban J connectivity index is 2.57. The molecule has 1 aliphatic rings. The van der Waals surface area contributed by atoms with Crippen molar-refractivity contribution in [2.45, 2.75) is 72.4 Å². The number of carbonyl (C=O) groups is 2. The summed E-state index contributed by atoms with van der Waals surface area (Å²) in [4.78, 5) is 25.7. The average Bonchev–Trinajstić information content (AvgIpc) is 2.63. The molecular formula is C15H28N2O2. The van der Waals surface area contributed by atoms with Crippen molar-refractivity contribution >= 4 is 11.9 Å². The maximum absolute atomic E-state index is 12.3. The average molecular weight is 268 g/mol. The molecule has 4 heteroatoms. The second-order valence-corrected chi connectivity index (χ2v) is 6.19. The van der Waals surface area contributed by atoms with Crippen LogP contribution in [0.4, 0.5) is 4.79 Å². The Morgan fingerprint density at radius 1 is 1.16 bits per heavy atom. The molecule has 19 heavy (non-hydrogen) atoms. The van der Waals surface area contributed by atoms with Gasteiger partial charge in [0.05, 0.1) is 0 Å². The highest BCUT2D eigenvalue weighted by Crippen LogP contribution is 2.21. The number of imide groups is 1. The number of nitrogens with one attached hydrogen (secondary N) is 1. The first-order valence-electron chi connectivity index (χ1n) is 7.52. The molecule has 110 valence electrons. The summed E-state index contributed by atoms with van der Waals surface area (Å²) in [7, 11) is 0. The van der Waals surface area contributed by atoms with Gasteiger partial charge in [-0.05, 0) is 25.2 Å². The number of rotatable bonds is 7. The van der Waals surface area contributed by atoms with Gasteiger partial charge in [0.2, 0.25) is 0 Å². The maximum Gasteiger partial charge on any atom is 0.325 e. The quantitative estimate of drug-likeness (QED) is 0.721. The van der Waals surface area contributed by atoms with Crippen LogP contribution in [0.25, 0.3) is 0 Å². The number of carbonyl (C=O) groups excluding carboxylic acids is 2. The van der Waals surface area contributed by atoms with E-state index in [2.05, 4.69) is 19.2 Å². The van der Waals surface area contributed by atoms with Crippen LogP contribution in [0.1, 0.15) is 60.3 Å². The summed E-state index contributed by atoms with van der Waals surface area (Å²) >= 11 is 0. The van der Waals surface area contributed by atoms with E-state index in [4.69, 9.17) is 0 Å². The fraction of sp³-hybridized carbons (Fsp3) is 0.867. The Morgan fingerprint density at radius 2 is 1.79 bits per heavy atom. The van der Waals surface area contributed by atoms with Crippen LogP contribution in [-0.4, -0.2) is 28.9 Å². The van der Waals surface area contributed by atoms with Crippen molar-refractivity contribution < 1.29 is 9.59 Å². The molecule has 3 amide bonds. The molecule has 0 saturated carbocycles. The number of nitrogens with zero attached hydrogens (tertiary/aromatic N) is 1. The van der Waals surface area contributed by atoms with E-state index in [-0.39, 0.29) is 29.9 Å². The highest BCUT2D eigenvalue weighted by molar-refractivity contribution is 6.04. The number of hydrogen-bond donors (Lipinski definition) is 1. The minimum absolute atomic E-state index is 0.000283. The van der Waals surface area contributed by atoms with Gasteiger partial charge in [0.25, 0.3) is 5.91 Å². The zero-order valence-corrected chi connectivity index (χ0v) is 12.9. The summed E-state index contributed by atoms with van der Waals surface area (Å²) < 4.78 is 0. The number of amides is 3. The SMILES string of the molecule is CCC(C)C1NC(=O)N(C(C)CCCC(C)C)C1=O. The molecular weight excluding hydrogens is 240 g/mol. The van der Waals surface area contributed by atoms with E-state index in [9.17, 15) is 9.59 Å². The van der Waals surface area contributed by atoms with Crippen LogP contribution in [0.15, 0.2) is 0 Å². The largest absolute Gasteiger partial charge is 0.326 e. The topological polar surface area (TPSA) is 49.4 Å². The third kappa shape index (κ3) is 3.95. The standard InChI is InChI=1S/C15H28N2O2/c1-6-11(4)13-14(18)17(15(19)16-13)12(5)9-7-8-10(2)3/h10-13H,6-9H2,1-5H3,(H,16,19). The zero-order chi connectivity index (χ0) is 14.6. The highest BCUT2D eigenvalue weighted by atomic mass is 16.2. The Labute approximate surface area is 116 Å². The fourth-order valence-electron chi connectivity index (χ4n) is 2.50. The molecule has 1 N–H and O–H groups in total. The number of hydrogen-bond acceptors (Lipinski definition) is 2. The van der Waals surface area contributed by atoms with Gasteiger partial charge in [-0.1, -0.05) is 47.0 Å². The molecule has 1 fully saturated rings. The van der Waals surface area contributed by atoms with Crippen LogP contribution in [0.2, 0.25) is 0 Å². The molecule has 3 unspecified atom stereocenters. The molecule has 0 aromatic heterocycles. The van der Waals surface area contributed by atoms with Crippen LogP contribution in [0.5, 0.6) is 0 Å². The van der Waals surface area contributed by atoms with Gasteiger partial charge in [0.1, 0.15) is 6.04 Å². The monoisotopic (exact) mass is 268 g/mol. The van der Waals surface area contributed by atoms with Crippen molar-refractivity contribution in [1.82, 2.24) is 10.2 Å². The van der Waals surface area contributed by atoms with Crippen LogP contribution in [0, 0.1) is 11.8 Å². The molecule has 0 aliphatic carbocycles. The molecule has 0 bridgehead atoms. The molecule has 1 rings (SSSR count). The van der Waals surface area contributed by atoms with E-state index in [1.165, 1.54) is 4.90 Å². The summed E-state index contributed by atoms with van der Waals surface area (Å²) in [5.74, 6) is 0.823. The van der Waals surface area contributed by atoms with E-state index < -0.39 is 0 Å². The first kappa shape index (κ1) is 16.0. The van der Waals surface area contributed by atoms with E-state index in [0.717, 1.165) is 25.7 Å². The van der Waals surface area contributed by atoms with Crippen LogP contribution < -0.4 is 5.32 Å². The van der Waals surface area contributed by atoms with E-state index in [1.54, 1.807) is 0 Å². The molecule has 0 aromatic rings. The van der Waals surface area contributed by atoms with Gasteiger partial charge in [-0.2, -0.15) is 0 Å². The minimum Gasteiger partial charge on any atom is -0.326 e. The number of urea groups is 1. The van der Waals surface area contributed by atoms with Crippen LogP contribution in [-0.2, 0) is 4.79 Å². The molecule has 4 nitrogen and oxygen atoms in total. The Hall–Kier alpha value is -1.06. The van der Waals surface area contributed by atoms with E-state index >= 15 is 0 Å². The van der Waals surface area contributed by atoms with Crippen molar-refractivity contribution in [3.63, 3.8) is 0 Å². The van der Waals surface area contributed by atoms with Crippen LogP contribution in [0.3, 0.4) is 0 Å². The van der Waals surface area contributed by atoms with E-state index in [1.807, 2.05) is 20.8 Å². The molecule has 1 heterocycles. The summed E-state index contributed by atoms with van der Waals surface area (Å²) in [6, 6.07) is -0.544. The Bertz CT molecular complexity index is 328. The second kappa shape index (κ2) is 6.92. The third-order valence-corrected chi connectivity index (χ3v) is 4.06.